The van der Waals surface area contributed by atoms with Gasteiger partial charge in [0, 0.05) is 6.20 Å². The molecule has 0 aliphatic heterocycles. The predicted octanol–water partition coefficient (Wildman–Crippen LogP) is 2.69. The van der Waals surface area contributed by atoms with E-state index in [2.05, 4.69) is 29.9 Å². The summed E-state index contributed by atoms with van der Waals surface area (Å²) in [6.07, 6.45) is -0.390. The van der Waals surface area contributed by atoms with Gasteiger partial charge in [-0.1, -0.05) is 0 Å². The van der Waals surface area contributed by atoms with Crippen molar-refractivity contribution in [3.63, 3.8) is 0 Å². The molecule has 2 N–H and O–H groups in total. The third-order valence-electron chi connectivity index (χ3n) is 3.46. The molecule has 1 atom stereocenters. The lowest BCUT2D eigenvalue weighted by Gasteiger charge is -2.26. The van der Waals surface area contributed by atoms with E-state index in [0.29, 0.717) is 0 Å². The number of nitrogens with zero attached hydrogens (tertiary/aromatic N) is 8. The summed E-state index contributed by atoms with van der Waals surface area (Å²) in [5, 5.41) is -0.227. The SMILES string of the molecule is C[C@@H](c1ncc(F)cn1)N(c1cn(CC(F)(F)F)cn1)c1nc(N)nc(Cl)n1. The molecule has 0 unspecified atom stereocenters. The fraction of sp³-hybridized carbons (Fsp3) is 0.286. The maximum absolute atomic E-state index is 13.1. The molecule has 0 aliphatic rings. The molecule has 0 aliphatic carbocycles. The highest BCUT2D eigenvalue weighted by atomic mass is 35.5. The Morgan fingerprint density at radius 1 is 1.18 bits per heavy atom. The summed E-state index contributed by atoms with van der Waals surface area (Å²) in [5.74, 6) is -0.755. The first-order valence-corrected chi connectivity index (χ1v) is 8.02. The molecule has 0 saturated heterocycles. The van der Waals surface area contributed by atoms with Gasteiger partial charge in [0.05, 0.1) is 24.8 Å². The summed E-state index contributed by atoms with van der Waals surface area (Å²) in [7, 11) is 0. The molecule has 0 aromatic carbocycles. The van der Waals surface area contributed by atoms with Gasteiger partial charge in [-0.05, 0) is 18.5 Å². The van der Waals surface area contributed by atoms with Crippen LogP contribution in [0.4, 0.5) is 35.3 Å². The van der Waals surface area contributed by atoms with Crippen LogP contribution in [0.25, 0.3) is 0 Å². The highest BCUT2D eigenvalue weighted by Gasteiger charge is 2.30. The highest BCUT2D eigenvalue weighted by Crippen LogP contribution is 2.31. The van der Waals surface area contributed by atoms with Crippen molar-refractivity contribution in [3.8, 4) is 0 Å². The minimum atomic E-state index is -4.44. The maximum Gasteiger partial charge on any atom is 0.406 e. The smallest absolute Gasteiger partial charge is 0.368 e. The van der Waals surface area contributed by atoms with E-state index in [-0.39, 0.29) is 28.8 Å². The predicted molar refractivity (Wildman–Crippen MR) is 90.1 cm³/mol. The molecule has 0 radical (unpaired) electrons. The molecule has 3 heterocycles. The first-order chi connectivity index (χ1) is 13.1. The molecule has 0 spiro atoms. The largest absolute Gasteiger partial charge is 0.406 e. The average molecular weight is 418 g/mol. The van der Waals surface area contributed by atoms with Crippen LogP contribution in [0.1, 0.15) is 18.8 Å². The number of rotatable bonds is 5. The van der Waals surface area contributed by atoms with E-state index in [1.165, 1.54) is 4.90 Å². The summed E-state index contributed by atoms with van der Waals surface area (Å²) in [4.78, 5) is 24.6. The number of halogens is 5. The van der Waals surface area contributed by atoms with E-state index in [0.717, 1.165) is 29.5 Å². The standard InChI is InChI=1S/C14H12ClF4N9/c1-7(10-21-2-8(16)3-22-10)28(13-25-11(15)24-12(20)26-13)9-4-27(6-23-9)5-14(17,18)19/h2-4,6-7H,5H2,1H3,(H2,20,24,25,26)/t7-/m0/s1. The van der Waals surface area contributed by atoms with Gasteiger partial charge in [0.1, 0.15) is 6.54 Å². The molecule has 9 nitrogen and oxygen atoms in total. The van der Waals surface area contributed by atoms with Gasteiger partial charge in [0.15, 0.2) is 17.5 Å². The minimum absolute atomic E-state index is 0.0475. The van der Waals surface area contributed by atoms with E-state index in [1.807, 2.05) is 0 Å². The summed E-state index contributed by atoms with van der Waals surface area (Å²) in [6, 6.07) is -0.757. The zero-order valence-corrected chi connectivity index (χ0v) is 14.9. The van der Waals surface area contributed by atoms with E-state index in [1.54, 1.807) is 6.92 Å². The van der Waals surface area contributed by atoms with Crippen molar-refractivity contribution in [2.24, 2.45) is 0 Å². The van der Waals surface area contributed by atoms with E-state index < -0.39 is 24.6 Å². The van der Waals surface area contributed by atoms with Crippen molar-refractivity contribution in [3.05, 3.63) is 41.8 Å². The lowest BCUT2D eigenvalue weighted by Crippen LogP contribution is -2.26. The quantitative estimate of drug-likeness (QED) is 0.631. The molecular weight excluding hydrogens is 406 g/mol. The lowest BCUT2D eigenvalue weighted by molar-refractivity contribution is -0.140. The Bertz CT molecular complexity index is 940. The second kappa shape index (κ2) is 7.50. The Kier molecular flexibility index (Phi) is 5.27. The van der Waals surface area contributed by atoms with Crippen LogP contribution >= 0.6 is 11.6 Å². The number of imidazole rings is 1. The monoisotopic (exact) mass is 417 g/mol. The molecular formula is C14H12ClF4N9. The van der Waals surface area contributed by atoms with Gasteiger partial charge in [-0.25, -0.2) is 19.3 Å². The van der Waals surface area contributed by atoms with Crippen LogP contribution in [0.2, 0.25) is 5.28 Å². The minimum Gasteiger partial charge on any atom is -0.368 e. The Hall–Kier alpha value is -3.09. The molecule has 0 saturated carbocycles. The van der Waals surface area contributed by atoms with Crippen molar-refractivity contribution < 1.29 is 17.6 Å². The fourth-order valence-electron chi connectivity index (χ4n) is 2.36. The number of nitrogens with two attached hydrogens (primary N) is 1. The first-order valence-electron chi connectivity index (χ1n) is 7.64. The van der Waals surface area contributed by atoms with Crippen LogP contribution in [0, 0.1) is 5.82 Å². The van der Waals surface area contributed by atoms with Crippen LogP contribution in [-0.2, 0) is 6.54 Å². The van der Waals surface area contributed by atoms with Gasteiger partial charge < -0.3 is 10.3 Å². The summed E-state index contributed by atoms with van der Waals surface area (Å²) in [5.41, 5.74) is 5.59. The normalized spacial score (nSPS) is 12.8. The molecule has 28 heavy (non-hydrogen) atoms. The summed E-state index contributed by atoms with van der Waals surface area (Å²) >= 11 is 5.82. The number of hydrogen-bond donors (Lipinski definition) is 1. The Morgan fingerprint density at radius 2 is 1.86 bits per heavy atom. The second-order valence-electron chi connectivity index (χ2n) is 5.59. The fourth-order valence-corrected chi connectivity index (χ4v) is 2.52. The summed E-state index contributed by atoms with van der Waals surface area (Å²) < 4.78 is 51.9. The average Bonchev–Trinajstić information content (AvgIpc) is 3.00. The van der Waals surface area contributed by atoms with E-state index >= 15 is 0 Å². The topological polar surface area (TPSA) is 112 Å². The third-order valence-corrected chi connectivity index (χ3v) is 3.63. The van der Waals surface area contributed by atoms with Crippen molar-refractivity contribution in [1.82, 2.24) is 34.5 Å². The second-order valence-corrected chi connectivity index (χ2v) is 5.93. The molecule has 0 fully saturated rings. The molecule has 3 aromatic heterocycles. The number of alkyl halides is 3. The van der Waals surface area contributed by atoms with Gasteiger partial charge in [-0.15, -0.1) is 0 Å². The van der Waals surface area contributed by atoms with Crippen molar-refractivity contribution in [1.29, 1.82) is 0 Å². The maximum atomic E-state index is 13.1. The van der Waals surface area contributed by atoms with Crippen molar-refractivity contribution in [2.45, 2.75) is 25.7 Å². The van der Waals surface area contributed by atoms with Crippen molar-refractivity contribution >= 4 is 29.3 Å². The molecule has 0 amide bonds. The Labute approximate surface area is 160 Å². The van der Waals surface area contributed by atoms with Crippen LogP contribution < -0.4 is 10.6 Å². The van der Waals surface area contributed by atoms with Crippen LogP contribution in [0.15, 0.2) is 24.9 Å². The zero-order chi connectivity index (χ0) is 20.5. The van der Waals surface area contributed by atoms with Gasteiger partial charge in [-0.3, -0.25) is 4.90 Å². The molecule has 14 heteroatoms. The van der Waals surface area contributed by atoms with Gasteiger partial charge in [0.25, 0.3) is 0 Å². The third kappa shape index (κ3) is 4.60. The number of aromatic nitrogens is 7. The lowest BCUT2D eigenvalue weighted by atomic mass is 10.2. The van der Waals surface area contributed by atoms with Gasteiger partial charge in [-0.2, -0.15) is 28.1 Å². The number of hydrogen-bond acceptors (Lipinski definition) is 8. The van der Waals surface area contributed by atoms with Gasteiger partial charge >= 0.3 is 6.18 Å². The Morgan fingerprint density at radius 3 is 2.46 bits per heavy atom. The number of nitrogen functional groups attached to an aromatic ring is 1. The van der Waals surface area contributed by atoms with E-state index in [9.17, 15) is 17.6 Å². The molecule has 0 bridgehead atoms. The molecule has 148 valence electrons. The Balaban J connectivity index is 2.05. The summed E-state index contributed by atoms with van der Waals surface area (Å²) in [6.45, 7) is 0.360. The zero-order valence-electron chi connectivity index (χ0n) is 14.1. The molecule has 3 rings (SSSR count). The number of anilines is 3. The first kappa shape index (κ1) is 19.7. The molecule has 3 aromatic rings. The van der Waals surface area contributed by atoms with Gasteiger partial charge in [0.2, 0.25) is 17.2 Å². The van der Waals surface area contributed by atoms with Crippen LogP contribution in [0.3, 0.4) is 0 Å². The van der Waals surface area contributed by atoms with E-state index in [4.69, 9.17) is 17.3 Å². The highest BCUT2D eigenvalue weighted by molar-refractivity contribution is 6.28. The van der Waals surface area contributed by atoms with Crippen molar-refractivity contribution in [2.75, 3.05) is 10.6 Å². The van der Waals surface area contributed by atoms with Crippen LogP contribution in [-0.4, -0.2) is 40.6 Å². The van der Waals surface area contributed by atoms with Crippen LogP contribution in [0.5, 0.6) is 0 Å².